The largest absolute Gasteiger partial charge is 0.324 e. The molecule has 0 amide bonds. The SMILES string of the molecule is CCC1=CCC(CCC2CCC2)C=C1C(N)C1CCCCC1. The smallest absolute Gasteiger partial charge is 0.0323 e. The van der Waals surface area contributed by atoms with Gasteiger partial charge < -0.3 is 5.73 Å². The number of rotatable bonds is 6. The Bertz CT molecular complexity index is 410. The van der Waals surface area contributed by atoms with Gasteiger partial charge in [0.2, 0.25) is 0 Å². The highest BCUT2D eigenvalue weighted by atomic mass is 14.7. The summed E-state index contributed by atoms with van der Waals surface area (Å²) in [4.78, 5) is 0. The molecule has 0 bridgehead atoms. The fourth-order valence-electron chi connectivity index (χ4n) is 4.69. The van der Waals surface area contributed by atoms with E-state index >= 15 is 0 Å². The third-order valence-electron chi connectivity index (χ3n) is 6.52. The van der Waals surface area contributed by atoms with E-state index < -0.39 is 0 Å². The van der Waals surface area contributed by atoms with Crippen molar-refractivity contribution in [1.82, 2.24) is 0 Å². The van der Waals surface area contributed by atoms with E-state index in [4.69, 9.17) is 5.73 Å². The molecule has 1 nitrogen and oxygen atoms in total. The van der Waals surface area contributed by atoms with Crippen LogP contribution < -0.4 is 5.73 Å². The van der Waals surface area contributed by atoms with Crippen LogP contribution in [-0.2, 0) is 0 Å². The summed E-state index contributed by atoms with van der Waals surface area (Å²) in [5, 5.41) is 0. The first-order valence-electron chi connectivity index (χ1n) is 9.94. The van der Waals surface area contributed by atoms with Crippen LogP contribution in [-0.4, -0.2) is 6.04 Å². The van der Waals surface area contributed by atoms with E-state index in [-0.39, 0.29) is 0 Å². The first kappa shape index (κ1) is 16.3. The van der Waals surface area contributed by atoms with Gasteiger partial charge in [0, 0.05) is 6.04 Å². The Balaban J connectivity index is 1.63. The highest BCUT2D eigenvalue weighted by Crippen LogP contribution is 2.37. The molecule has 0 aromatic heterocycles. The van der Waals surface area contributed by atoms with E-state index in [2.05, 4.69) is 19.1 Å². The first-order chi connectivity index (χ1) is 10.8. The quantitative estimate of drug-likeness (QED) is 0.663. The first-order valence-corrected chi connectivity index (χ1v) is 9.94. The molecule has 0 aromatic rings. The van der Waals surface area contributed by atoms with Gasteiger partial charge in [-0.3, -0.25) is 0 Å². The Hall–Kier alpha value is -0.560. The van der Waals surface area contributed by atoms with Gasteiger partial charge >= 0.3 is 0 Å². The molecule has 2 fully saturated rings. The number of hydrogen-bond donors (Lipinski definition) is 1. The molecule has 0 saturated heterocycles. The monoisotopic (exact) mass is 301 g/mol. The molecule has 3 aliphatic carbocycles. The molecule has 0 aliphatic heterocycles. The molecule has 124 valence electrons. The van der Waals surface area contributed by atoms with Crippen molar-refractivity contribution >= 4 is 0 Å². The van der Waals surface area contributed by atoms with Crippen LogP contribution in [0.25, 0.3) is 0 Å². The fraction of sp³-hybridized carbons (Fsp3) is 0.810. The zero-order valence-corrected chi connectivity index (χ0v) is 14.5. The molecule has 0 spiro atoms. The van der Waals surface area contributed by atoms with Gasteiger partial charge in [-0.25, -0.2) is 0 Å². The molecule has 1 heteroatoms. The normalized spacial score (nSPS) is 28.7. The van der Waals surface area contributed by atoms with Crippen LogP contribution >= 0.6 is 0 Å². The van der Waals surface area contributed by atoms with Gasteiger partial charge in [0.25, 0.3) is 0 Å². The highest BCUT2D eigenvalue weighted by Gasteiger charge is 2.27. The van der Waals surface area contributed by atoms with Crippen molar-refractivity contribution in [2.24, 2.45) is 23.5 Å². The molecule has 2 N–H and O–H groups in total. The third-order valence-corrected chi connectivity index (χ3v) is 6.52. The van der Waals surface area contributed by atoms with Gasteiger partial charge in [-0.05, 0) is 67.4 Å². The van der Waals surface area contributed by atoms with Crippen LogP contribution in [0.5, 0.6) is 0 Å². The lowest BCUT2D eigenvalue weighted by atomic mass is 9.74. The van der Waals surface area contributed by atoms with Crippen molar-refractivity contribution in [3.05, 3.63) is 23.3 Å². The van der Waals surface area contributed by atoms with E-state index in [1.165, 1.54) is 76.2 Å². The molecular formula is C21H35N. The maximum atomic E-state index is 6.74. The Labute approximate surface area is 137 Å². The van der Waals surface area contributed by atoms with Crippen molar-refractivity contribution in [1.29, 1.82) is 0 Å². The second kappa shape index (κ2) is 7.81. The average Bonchev–Trinajstić information content (AvgIpc) is 2.53. The Kier molecular flexibility index (Phi) is 5.79. The maximum Gasteiger partial charge on any atom is 0.0323 e. The summed E-state index contributed by atoms with van der Waals surface area (Å²) in [5.41, 5.74) is 9.82. The van der Waals surface area contributed by atoms with E-state index in [1.807, 2.05) is 0 Å². The third kappa shape index (κ3) is 3.85. The lowest BCUT2D eigenvalue weighted by Crippen LogP contribution is -2.35. The van der Waals surface area contributed by atoms with E-state index in [9.17, 15) is 0 Å². The van der Waals surface area contributed by atoms with E-state index in [0.717, 1.165) is 24.2 Å². The van der Waals surface area contributed by atoms with Gasteiger partial charge in [0.05, 0.1) is 0 Å². The minimum atomic E-state index is 0.304. The van der Waals surface area contributed by atoms with Gasteiger partial charge in [0.1, 0.15) is 0 Å². The minimum Gasteiger partial charge on any atom is -0.324 e. The lowest BCUT2D eigenvalue weighted by Gasteiger charge is -2.33. The molecule has 0 heterocycles. The van der Waals surface area contributed by atoms with Crippen LogP contribution in [0.15, 0.2) is 23.3 Å². The second-order valence-corrected chi connectivity index (χ2v) is 8.00. The number of hydrogen-bond acceptors (Lipinski definition) is 1. The van der Waals surface area contributed by atoms with Gasteiger partial charge in [-0.15, -0.1) is 0 Å². The number of allylic oxidation sites excluding steroid dienone is 2. The molecule has 3 aliphatic rings. The topological polar surface area (TPSA) is 26.0 Å². The van der Waals surface area contributed by atoms with Gasteiger partial charge in [-0.1, -0.05) is 57.6 Å². The zero-order valence-electron chi connectivity index (χ0n) is 14.5. The zero-order chi connectivity index (χ0) is 15.4. The molecular weight excluding hydrogens is 266 g/mol. The Morgan fingerprint density at radius 1 is 1.05 bits per heavy atom. The standard InChI is InChI=1S/C21H35N/c1-2-18-14-13-17(12-11-16-7-6-8-16)15-20(18)21(22)19-9-4-3-5-10-19/h14-17,19,21H,2-13,22H2,1H3. The summed E-state index contributed by atoms with van der Waals surface area (Å²) >= 11 is 0. The van der Waals surface area contributed by atoms with Crippen molar-refractivity contribution in [3.63, 3.8) is 0 Å². The molecule has 2 saturated carbocycles. The number of nitrogens with two attached hydrogens (primary N) is 1. The van der Waals surface area contributed by atoms with Crippen molar-refractivity contribution in [2.75, 3.05) is 0 Å². The van der Waals surface area contributed by atoms with Gasteiger partial charge in [0.15, 0.2) is 0 Å². The van der Waals surface area contributed by atoms with Crippen LogP contribution in [0.4, 0.5) is 0 Å². The molecule has 2 atom stereocenters. The minimum absolute atomic E-state index is 0.304. The summed E-state index contributed by atoms with van der Waals surface area (Å²) in [6.45, 7) is 2.29. The van der Waals surface area contributed by atoms with Crippen molar-refractivity contribution in [3.8, 4) is 0 Å². The predicted molar refractivity (Wildman–Crippen MR) is 95.7 cm³/mol. The van der Waals surface area contributed by atoms with Crippen LogP contribution in [0.3, 0.4) is 0 Å². The molecule has 0 radical (unpaired) electrons. The molecule has 22 heavy (non-hydrogen) atoms. The predicted octanol–water partition coefficient (Wildman–Crippen LogP) is 5.76. The summed E-state index contributed by atoms with van der Waals surface area (Å²) in [6.07, 6.45) is 21.7. The van der Waals surface area contributed by atoms with Crippen LogP contribution in [0.1, 0.15) is 84.0 Å². The van der Waals surface area contributed by atoms with Crippen molar-refractivity contribution < 1.29 is 0 Å². The Morgan fingerprint density at radius 3 is 2.45 bits per heavy atom. The average molecular weight is 302 g/mol. The fourth-order valence-corrected chi connectivity index (χ4v) is 4.69. The molecule has 3 rings (SSSR count). The summed E-state index contributed by atoms with van der Waals surface area (Å²) < 4.78 is 0. The lowest BCUT2D eigenvalue weighted by molar-refractivity contribution is 0.277. The summed E-state index contributed by atoms with van der Waals surface area (Å²) in [5.74, 6) is 2.54. The van der Waals surface area contributed by atoms with E-state index in [1.54, 1.807) is 5.57 Å². The van der Waals surface area contributed by atoms with Crippen molar-refractivity contribution in [2.45, 2.75) is 90.0 Å². The van der Waals surface area contributed by atoms with Gasteiger partial charge in [-0.2, -0.15) is 0 Å². The maximum absolute atomic E-state index is 6.74. The second-order valence-electron chi connectivity index (χ2n) is 8.00. The Morgan fingerprint density at radius 2 is 1.82 bits per heavy atom. The highest BCUT2D eigenvalue weighted by molar-refractivity contribution is 5.38. The van der Waals surface area contributed by atoms with Crippen LogP contribution in [0, 0.1) is 17.8 Å². The molecule has 2 unspecified atom stereocenters. The summed E-state index contributed by atoms with van der Waals surface area (Å²) in [7, 11) is 0. The van der Waals surface area contributed by atoms with E-state index in [0.29, 0.717) is 6.04 Å². The van der Waals surface area contributed by atoms with Crippen LogP contribution in [0.2, 0.25) is 0 Å². The summed E-state index contributed by atoms with van der Waals surface area (Å²) in [6, 6.07) is 0.304. The molecule has 0 aromatic carbocycles.